The van der Waals surface area contributed by atoms with Crippen molar-refractivity contribution >= 4 is 0 Å². The minimum absolute atomic E-state index is 0.130. The van der Waals surface area contributed by atoms with Gasteiger partial charge in [0.25, 0.3) is 0 Å². The second kappa shape index (κ2) is 12.8. The molecule has 16 heavy (non-hydrogen) atoms. The Kier molecular flexibility index (Phi) is 12.6. The molecule has 0 heterocycles. The number of ether oxygens (including phenoxy) is 2. The van der Waals surface area contributed by atoms with Gasteiger partial charge in [-0.2, -0.15) is 0 Å². The van der Waals surface area contributed by atoms with Crippen molar-refractivity contribution in [3.05, 3.63) is 0 Å². The molecular weight excluding hydrogens is 214 g/mol. The third kappa shape index (κ3) is 10.3. The van der Waals surface area contributed by atoms with Crippen LogP contribution in [0.3, 0.4) is 0 Å². The van der Waals surface area contributed by atoms with Gasteiger partial charge in [-0.15, -0.1) is 0 Å². The number of rotatable bonds is 12. The Morgan fingerprint density at radius 1 is 0.938 bits per heavy atom. The SMILES string of the molecule is COCCOCCN(CCO)CCOOC. The second-order valence-electron chi connectivity index (χ2n) is 3.16. The first-order valence-corrected chi connectivity index (χ1v) is 5.40. The van der Waals surface area contributed by atoms with Crippen LogP contribution in [0.2, 0.25) is 0 Å². The van der Waals surface area contributed by atoms with Crippen molar-refractivity contribution in [3.8, 4) is 0 Å². The third-order valence-corrected chi connectivity index (χ3v) is 2.01. The molecule has 0 aromatic rings. The molecule has 98 valence electrons. The van der Waals surface area contributed by atoms with Gasteiger partial charge in [0, 0.05) is 26.7 Å². The van der Waals surface area contributed by atoms with Gasteiger partial charge in [0.1, 0.15) is 0 Å². The lowest BCUT2D eigenvalue weighted by atomic mass is 10.4. The number of hydrogen-bond acceptors (Lipinski definition) is 6. The summed E-state index contributed by atoms with van der Waals surface area (Å²) in [6.07, 6.45) is 0. The van der Waals surface area contributed by atoms with E-state index in [1.54, 1.807) is 7.11 Å². The van der Waals surface area contributed by atoms with Crippen LogP contribution in [-0.4, -0.2) is 76.9 Å². The Hall–Kier alpha value is -0.240. The monoisotopic (exact) mass is 237 g/mol. The zero-order valence-corrected chi connectivity index (χ0v) is 10.2. The Bertz CT molecular complexity index is 136. The number of aliphatic hydroxyl groups is 1. The molecule has 0 aliphatic carbocycles. The van der Waals surface area contributed by atoms with Gasteiger partial charge in [-0.05, 0) is 0 Å². The lowest BCUT2D eigenvalue weighted by molar-refractivity contribution is -0.273. The van der Waals surface area contributed by atoms with Crippen molar-refractivity contribution in [2.24, 2.45) is 0 Å². The quantitative estimate of drug-likeness (QED) is 0.281. The van der Waals surface area contributed by atoms with E-state index in [2.05, 4.69) is 4.89 Å². The van der Waals surface area contributed by atoms with E-state index >= 15 is 0 Å². The van der Waals surface area contributed by atoms with E-state index < -0.39 is 0 Å². The van der Waals surface area contributed by atoms with E-state index in [9.17, 15) is 0 Å². The highest BCUT2D eigenvalue weighted by atomic mass is 17.2. The molecule has 6 heteroatoms. The Morgan fingerprint density at radius 3 is 2.31 bits per heavy atom. The zero-order chi connectivity index (χ0) is 12.1. The minimum Gasteiger partial charge on any atom is -0.395 e. The van der Waals surface area contributed by atoms with Crippen LogP contribution in [0.15, 0.2) is 0 Å². The summed E-state index contributed by atoms with van der Waals surface area (Å²) >= 11 is 0. The van der Waals surface area contributed by atoms with Crippen LogP contribution in [0.4, 0.5) is 0 Å². The predicted octanol–water partition coefficient (Wildman–Crippen LogP) is -0.478. The Balaban J connectivity index is 3.43. The van der Waals surface area contributed by atoms with Gasteiger partial charge in [0.05, 0.1) is 40.1 Å². The second-order valence-corrected chi connectivity index (χ2v) is 3.16. The van der Waals surface area contributed by atoms with Crippen LogP contribution in [0.5, 0.6) is 0 Å². The average Bonchev–Trinajstić information content (AvgIpc) is 2.29. The molecule has 0 bridgehead atoms. The lowest BCUT2D eigenvalue weighted by Crippen LogP contribution is -2.33. The van der Waals surface area contributed by atoms with Crippen molar-refractivity contribution in [2.45, 2.75) is 0 Å². The molecule has 0 amide bonds. The smallest absolute Gasteiger partial charge is 0.0949 e. The van der Waals surface area contributed by atoms with Crippen LogP contribution < -0.4 is 0 Å². The Morgan fingerprint density at radius 2 is 1.69 bits per heavy atom. The Labute approximate surface area is 97.0 Å². The van der Waals surface area contributed by atoms with Gasteiger partial charge in [0.15, 0.2) is 0 Å². The van der Waals surface area contributed by atoms with Crippen LogP contribution in [0.1, 0.15) is 0 Å². The summed E-state index contributed by atoms with van der Waals surface area (Å²) in [4.78, 5) is 11.3. The maximum Gasteiger partial charge on any atom is 0.0949 e. The fourth-order valence-corrected chi connectivity index (χ4v) is 1.16. The zero-order valence-electron chi connectivity index (χ0n) is 10.2. The normalized spacial score (nSPS) is 11.2. The average molecular weight is 237 g/mol. The molecule has 0 aromatic carbocycles. The van der Waals surface area contributed by atoms with E-state index in [1.807, 2.05) is 4.90 Å². The summed E-state index contributed by atoms with van der Waals surface area (Å²) < 4.78 is 10.2. The molecule has 0 aromatic heterocycles. The topological polar surface area (TPSA) is 60.4 Å². The molecule has 0 aliphatic rings. The first kappa shape index (κ1) is 15.8. The summed E-state index contributed by atoms with van der Waals surface area (Å²) in [5.41, 5.74) is 0. The van der Waals surface area contributed by atoms with Crippen LogP contribution in [0, 0.1) is 0 Å². The molecule has 0 rings (SSSR count). The van der Waals surface area contributed by atoms with Crippen LogP contribution >= 0.6 is 0 Å². The van der Waals surface area contributed by atoms with E-state index in [1.165, 1.54) is 7.11 Å². The van der Waals surface area contributed by atoms with Crippen LogP contribution in [-0.2, 0) is 19.2 Å². The first-order chi connectivity index (χ1) is 7.85. The molecule has 1 N–H and O–H groups in total. The third-order valence-electron chi connectivity index (χ3n) is 2.01. The number of aliphatic hydroxyl groups excluding tert-OH is 1. The fraction of sp³-hybridized carbons (Fsp3) is 1.00. The van der Waals surface area contributed by atoms with Gasteiger partial charge in [0.2, 0.25) is 0 Å². The summed E-state index contributed by atoms with van der Waals surface area (Å²) in [6.45, 7) is 4.51. The van der Waals surface area contributed by atoms with E-state index in [-0.39, 0.29) is 6.61 Å². The molecule has 6 nitrogen and oxygen atoms in total. The summed E-state index contributed by atoms with van der Waals surface area (Å²) in [5.74, 6) is 0. The number of hydrogen-bond donors (Lipinski definition) is 1. The number of methoxy groups -OCH3 is 1. The highest BCUT2D eigenvalue weighted by Gasteiger charge is 2.03. The summed E-state index contributed by atoms with van der Waals surface area (Å²) in [6, 6.07) is 0. The molecule has 0 fully saturated rings. The van der Waals surface area contributed by atoms with Crippen molar-refractivity contribution in [2.75, 3.05) is 66.9 Å². The standard InChI is InChI=1S/C10H23NO5/c1-13-9-10-15-7-4-11(3-6-12)5-8-16-14-2/h12H,3-10H2,1-2H3. The van der Waals surface area contributed by atoms with Gasteiger partial charge < -0.3 is 14.6 Å². The number of nitrogens with zero attached hydrogens (tertiary/aromatic N) is 1. The minimum atomic E-state index is 0.130. The molecule has 0 saturated carbocycles. The maximum atomic E-state index is 8.86. The van der Waals surface area contributed by atoms with E-state index in [0.29, 0.717) is 39.5 Å². The van der Waals surface area contributed by atoms with Crippen LogP contribution in [0.25, 0.3) is 0 Å². The molecule has 0 radical (unpaired) electrons. The molecule has 0 unspecified atom stereocenters. The lowest BCUT2D eigenvalue weighted by Gasteiger charge is -2.20. The predicted molar refractivity (Wildman–Crippen MR) is 59.2 cm³/mol. The first-order valence-electron chi connectivity index (χ1n) is 5.40. The van der Waals surface area contributed by atoms with Crippen molar-refractivity contribution in [1.29, 1.82) is 0 Å². The summed E-state index contributed by atoms with van der Waals surface area (Å²) in [5, 5.41) is 8.86. The highest BCUT2D eigenvalue weighted by Crippen LogP contribution is 1.89. The van der Waals surface area contributed by atoms with Crippen molar-refractivity contribution < 1.29 is 24.4 Å². The van der Waals surface area contributed by atoms with E-state index in [0.717, 1.165) is 6.54 Å². The molecular formula is C10H23NO5. The van der Waals surface area contributed by atoms with E-state index in [4.69, 9.17) is 19.5 Å². The largest absolute Gasteiger partial charge is 0.395 e. The fourth-order valence-electron chi connectivity index (χ4n) is 1.16. The van der Waals surface area contributed by atoms with Gasteiger partial charge >= 0.3 is 0 Å². The van der Waals surface area contributed by atoms with Crippen molar-refractivity contribution in [3.63, 3.8) is 0 Å². The molecule has 0 spiro atoms. The highest BCUT2D eigenvalue weighted by molar-refractivity contribution is 4.55. The molecule has 0 aliphatic heterocycles. The summed E-state index contributed by atoms with van der Waals surface area (Å²) in [7, 11) is 3.12. The van der Waals surface area contributed by atoms with Crippen molar-refractivity contribution in [1.82, 2.24) is 4.90 Å². The molecule has 0 saturated heterocycles. The molecule has 0 atom stereocenters. The van der Waals surface area contributed by atoms with Gasteiger partial charge in [-0.25, -0.2) is 9.78 Å². The maximum absolute atomic E-state index is 8.86. The van der Waals surface area contributed by atoms with Gasteiger partial charge in [-0.3, -0.25) is 4.90 Å². The van der Waals surface area contributed by atoms with Gasteiger partial charge in [-0.1, -0.05) is 0 Å².